The maximum Gasteiger partial charge on any atom is 0.220 e. The monoisotopic (exact) mass is 269 g/mol. The lowest BCUT2D eigenvalue weighted by Crippen LogP contribution is -2.35. The van der Waals surface area contributed by atoms with E-state index in [4.69, 9.17) is 9.47 Å². The van der Waals surface area contributed by atoms with Crippen molar-refractivity contribution < 1.29 is 14.3 Å². The van der Waals surface area contributed by atoms with Crippen LogP contribution in [0, 0.1) is 11.8 Å². The van der Waals surface area contributed by atoms with Gasteiger partial charge in [-0.3, -0.25) is 4.79 Å². The molecule has 4 heteroatoms. The fourth-order valence-electron chi connectivity index (χ4n) is 3.11. The van der Waals surface area contributed by atoms with Crippen LogP contribution >= 0.6 is 0 Å². The van der Waals surface area contributed by atoms with Gasteiger partial charge in [0.15, 0.2) is 0 Å². The smallest absolute Gasteiger partial charge is 0.220 e. The number of nitrogens with one attached hydrogen (secondary N) is 1. The van der Waals surface area contributed by atoms with E-state index in [2.05, 4.69) is 19.2 Å². The van der Waals surface area contributed by atoms with E-state index in [-0.39, 0.29) is 5.91 Å². The average Bonchev–Trinajstić information content (AvgIpc) is 3.04. The van der Waals surface area contributed by atoms with Gasteiger partial charge in [0.1, 0.15) is 0 Å². The van der Waals surface area contributed by atoms with Gasteiger partial charge in [-0.25, -0.2) is 0 Å². The van der Waals surface area contributed by atoms with Crippen molar-refractivity contribution in [1.82, 2.24) is 5.32 Å². The van der Waals surface area contributed by atoms with Gasteiger partial charge in [-0.15, -0.1) is 0 Å². The largest absolute Gasteiger partial charge is 0.378 e. The molecule has 4 nitrogen and oxygen atoms in total. The Balaban J connectivity index is 1.62. The Morgan fingerprint density at radius 1 is 1.26 bits per heavy atom. The molecule has 2 aliphatic heterocycles. The van der Waals surface area contributed by atoms with Gasteiger partial charge in [0, 0.05) is 32.1 Å². The van der Waals surface area contributed by atoms with E-state index in [9.17, 15) is 4.79 Å². The van der Waals surface area contributed by atoms with Crippen LogP contribution < -0.4 is 5.32 Å². The topological polar surface area (TPSA) is 47.6 Å². The van der Waals surface area contributed by atoms with Crippen LogP contribution in [0.3, 0.4) is 0 Å². The number of ether oxygens (including phenoxy) is 2. The van der Waals surface area contributed by atoms with Crippen molar-refractivity contribution in [3.63, 3.8) is 0 Å². The van der Waals surface area contributed by atoms with Gasteiger partial charge in [-0.05, 0) is 31.6 Å². The molecule has 1 N–H and O–H groups in total. The number of carbonyl (C=O) groups is 1. The Kier molecular flexibility index (Phi) is 5.64. The predicted molar refractivity (Wildman–Crippen MR) is 73.9 cm³/mol. The van der Waals surface area contributed by atoms with Gasteiger partial charge in [0.05, 0.1) is 12.2 Å². The first-order valence-corrected chi connectivity index (χ1v) is 7.66. The number of hydrogen-bond acceptors (Lipinski definition) is 3. The third-order valence-corrected chi connectivity index (χ3v) is 4.20. The number of rotatable bonds is 6. The van der Waals surface area contributed by atoms with Crippen molar-refractivity contribution >= 4 is 5.91 Å². The molecule has 0 bridgehead atoms. The molecule has 0 aliphatic carbocycles. The minimum atomic E-state index is 0.157. The van der Waals surface area contributed by atoms with E-state index in [0.29, 0.717) is 30.5 Å². The van der Waals surface area contributed by atoms with E-state index < -0.39 is 0 Å². The Labute approximate surface area is 116 Å². The second-order valence-electron chi connectivity index (χ2n) is 6.11. The second-order valence-corrected chi connectivity index (χ2v) is 6.11. The van der Waals surface area contributed by atoms with Gasteiger partial charge in [0.25, 0.3) is 0 Å². The van der Waals surface area contributed by atoms with Crippen molar-refractivity contribution in [1.29, 1.82) is 0 Å². The van der Waals surface area contributed by atoms with E-state index >= 15 is 0 Å². The molecule has 0 saturated carbocycles. The van der Waals surface area contributed by atoms with Gasteiger partial charge in [-0.1, -0.05) is 13.8 Å². The molecular formula is C15H27NO3. The molecule has 2 rings (SSSR count). The first kappa shape index (κ1) is 14.8. The highest BCUT2D eigenvalue weighted by molar-refractivity contribution is 5.75. The fraction of sp³-hybridized carbons (Fsp3) is 0.933. The van der Waals surface area contributed by atoms with Crippen LogP contribution in [0.2, 0.25) is 0 Å². The van der Waals surface area contributed by atoms with Crippen molar-refractivity contribution in [2.75, 3.05) is 19.8 Å². The van der Waals surface area contributed by atoms with Gasteiger partial charge >= 0.3 is 0 Å². The van der Waals surface area contributed by atoms with E-state index in [1.807, 2.05) is 0 Å². The highest BCUT2D eigenvalue weighted by Gasteiger charge is 2.30. The summed E-state index contributed by atoms with van der Waals surface area (Å²) in [5.74, 6) is 1.16. The summed E-state index contributed by atoms with van der Waals surface area (Å²) < 4.78 is 11.3. The van der Waals surface area contributed by atoms with Crippen LogP contribution in [0.1, 0.15) is 46.0 Å². The highest BCUT2D eigenvalue weighted by atomic mass is 16.5. The summed E-state index contributed by atoms with van der Waals surface area (Å²) >= 11 is 0. The Morgan fingerprint density at radius 2 is 2.11 bits per heavy atom. The molecule has 2 aliphatic rings. The number of hydrogen-bond donors (Lipinski definition) is 1. The normalized spacial score (nSPS) is 31.0. The molecule has 1 amide bonds. The molecule has 0 radical (unpaired) electrons. The van der Waals surface area contributed by atoms with Gasteiger partial charge in [-0.2, -0.15) is 0 Å². The molecule has 110 valence electrons. The second kappa shape index (κ2) is 7.25. The molecule has 3 atom stereocenters. The molecule has 19 heavy (non-hydrogen) atoms. The molecule has 0 aromatic rings. The van der Waals surface area contributed by atoms with Crippen LogP contribution in [0.15, 0.2) is 0 Å². The summed E-state index contributed by atoms with van der Waals surface area (Å²) in [7, 11) is 0. The molecule has 0 spiro atoms. The highest BCUT2D eigenvalue weighted by Crippen LogP contribution is 2.26. The Morgan fingerprint density at radius 3 is 2.79 bits per heavy atom. The first-order valence-electron chi connectivity index (χ1n) is 7.66. The average molecular weight is 269 g/mol. The standard InChI is InChI=1S/C15H27NO3/c1-11(2)15-12(7-9-19-15)10-16-14(17)6-5-13-4-3-8-18-13/h11-13,15H,3-10H2,1-2H3,(H,16,17)/t12-,13+,15+/m1/s1. The minimum Gasteiger partial charge on any atom is -0.378 e. The zero-order chi connectivity index (χ0) is 13.7. The van der Waals surface area contributed by atoms with Crippen LogP contribution in [-0.2, 0) is 14.3 Å². The summed E-state index contributed by atoms with van der Waals surface area (Å²) in [6.07, 6.45) is 5.38. The van der Waals surface area contributed by atoms with Crippen molar-refractivity contribution in [3.8, 4) is 0 Å². The Bertz CT molecular complexity index is 287. The number of amides is 1. The summed E-state index contributed by atoms with van der Waals surface area (Å²) in [6.45, 7) is 6.82. The fourth-order valence-corrected chi connectivity index (χ4v) is 3.11. The summed E-state index contributed by atoms with van der Waals surface area (Å²) in [4.78, 5) is 11.8. The van der Waals surface area contributed by atoms with E-state index in [0.717, 1.165) is 45.4 Å². The molecule has 2 saturated heterocycles. The van der Waals surface area contributed by atoms with Crippen molar-refractivity contribution in [3.05, 3.63) is 0 Å². The van der Waals surface area contributed by atoms with Crippen LogP contribution in [0.4, 0.5) is 0 Å². The molecule has 0 unspecified atom stereocenters. The minimum absolute atomic E-state index is 0.157. The lowest BCUT2D eigenvalue weighted by atomic mass is 9.93. The quantitative estimate of drug-likeness (QED) is 0.803. The van der Waals surface area contributed by atoms with Crippen LogP contribution in [-0.4, -0.2) is 37.9 Å². The zero-order valence-electron chi connectivity index (χ0n) is 12.2. The summed E-state index contributed by atoms with van der Waals surface area (Å²) in [6, 6.07) is 0. The lowest BCUT2D eigenvalue weighted by Gasteiger charge is -2.22. The maximum absolute atomic E-state index is 11.8. The van der Waals surface area contributed by atoms with Crippen molar-refractivity contribution in [2.45, 2.75) is 58.2 Å². The molecule has 0 aromatic heterocycles. The lowest BCUT2D eigenvalue weighted by molar-refractivity contribution is -0.122. The molecular weight excluding hydrogens is 242 g/mol. The molecule has 2 heterocycles. The van der Waals surface area contributed by atoms with Crippen molar-refractivity contribution in [2.24, 2.45) is 11.8 Å². The molecule has 0 aromatic carbocycles. The van der Waals surface area contributed by atoms with E-state index in [1.165, 1.54) is 0 Å². The van der Waals surface area contributed by atoms with E-state index in [1.54, 1.807) is 0 Å². The SMILES string of the molecule is CC(C)[C@@H]1OCC[C@@H]1CNC(=O)CC[C@@H]1CCCO1. The Hall–Kier alpha value is -0.610. The van der Waals surface area contributed by atoms with Crippen LogP contribution in [0.5, 0.6) is 0 Å². The van der Waals surface area contributed by atoms with Crippen LogP contribution in [0.25, 0.3) is 0 Å². The summed E-state index contributed by atoms with van der Waals surface area (Å²) in [5, 5.41) is 3.06. The first-order chi connectivity index (χ1) is 9.16. The molecule has 2 fully saturated rings. The van der Waals surface area contributed by atoms with Gasteiger partial charge < -0.3 is 14.8 Å². The maximum atomic E-state index is 11.8. The summed E-state index contributed by atoms with van der Waals surface area (Å²) in [5.41, 5.74) is 0. The zero-order valence-corrected chi connectivity index (χ0v) is 12.2. The number of carbonyl (C=O) groups excluding carboxylic acids is 1. The van der Waals surface area contributed by atoms with Gasteiger partial charge in [0.2, 0.25) is 5.91 Å². The third-order valence-electron chi connectivity index (χ3n) is 4.20. The third kappa shape index (κ3) is 4.46. The predicted octanol–water partition coefficient (Wildman–Crippen LogP) is 2.12.